The molecule has 4 rings (SSSR count). The highest BCUT2D eigenvalue weighted by Gasteiger charge is 2.27. The fourth-order valence-electron chi connectivity index (χ4n) is 3.10. The van der Waals surface area contributed by atoms with E-state index >= 15 is 0 Å². The Morgan fingerprint density at radius 2 is 1.97 bits per heavy atom. The van der Waals surface area contributed by atoms with E-state index in [0.717, 1.165) is 0 Å². The summed E-state index contributed by atoms with van der Waals surface area (Å²) in [4.78, 5) is 40.1. The largest absolute Gasteiger partial charge is 0.485 e. The van der Waals surface area contributed by atoms with Crippen LogP contribution in [0, 0.1) is 4.77 Å². The summed E-state index contributed by atoms with van der Waals surface area (Å²) < 4.78 is 12.8. The standard InChI is InChI=1S/C20H18N4O5S/c1-2-24-19(27)12-8-7-11(9-13(12)21-20(24)30)17(25)22-23-18(26)16-10-28-14-5-3-4-6-15(14)29-16/h3-9,16H,2,10H2,1H3,(H,21,30)(H,22,25)(H,23,26). The van der Waals surface area contributed by atoms with Gasteiger partial charge in [0.15, 0.2) is 16.3 Å². The number of benzene rings is 2. The Kier molecular flexibility index (Phi) is 5.23. The van der Waals surface area contributed by atoms with Crippen molar-refractivity contribution in [3.8, 4) is 11.5 Å². The van der Waals surface area contributed by atoms with Gasteiger partial charge in [0.1, 0.15) is 6.61 Å². The number of rotatable bonds is 3. The van der Waals surface area contributed by atoms with Crippen LogP contribution < -0.4 is 25.9 Å². The summed E-state index contributed by atoms with van der Waals surface area (Å²) in [5.74, 6) is -0.0933. The summed E-state index contributed by atoms with van der Waals surface area (Å²) in [6.45, 7) is 2.28. The van der Waals surface area contributed by atoms with Gasteiger partial charge in [0.2, 0.25) is 6.10 Å². The predicted octanol–water partition coefficient (Wildman–Crippen LogP) is 1.68. The van der Waals surface area contributed by atoms with Gasteiger partial charge in [-0.1, -0.05) is 12.1 Å². The summed E-state index contributed by atoms with van der Waals surface area (Å²) in [6.07, 6.45) is -0.902. The second-order valence-electron chi connectivity index (χ2n) is 6.55. The van der Waals surface area contributed by atoms with Crippen LogP contribution in [-0.2, 0) is 11.3 Å². The molecular formula is C20H18N4O5S. The van der Waals surface area contributed by atoms with E-state index in [0.29, 0.717) is 28.9 Å². The summed E-state index contributed by atoms with van der Waals surface area (Å²) in [7, 11) is 0. The molecule has 2 amide bonds. The second kappa shape index (κ2) is 7.99. The van der Waals surface area contributed by atoms with E-state index in [1.54, 1.807) is 30.3 Å². The summed E-state index contributed by atoms with van der Waals surface area (Å²) in [5.41, 5.74) is 5.12. The normalized spacial score (nSPS) is 14.9. The molecule has 0 radical (unpaired) electrons. The molecule has 1 aliphatic heterocycles. The lowest BCUT2D eigenvalue weighted by molar-refractivity contribution is -0.131. The zero-order valence-electron chi connectivity index (χ0n) is 15.9. The smallest absolute Gasteiger partial charge is 0.283 e. The second-order valence-corrected chi connectivity index (χ2v) is 6.93. The number of nitrogens with zero attached hydrogens (tertiary/aromatic N) is 1. The van der Waals surface area contributed by atoms with Crippen LogP contribution in [0.2, 0.25) is 0 Å². The van der Waals surface area contributed by atoms with Crippen molar-refractivity contribution in [3.05, 3.63) is 63.2 Å². The highest BCUT2D eigenvalue weighted by Crippen LogP contribution is 2.30. The minimum Gasteiger partial charge on any atom is -0.485 e. The molecule has 1 aromatic heterocycles. The summed E-state index contributed by atoms with van der Waals surface area (Å²) in [6, 6.07) is 11.6. The first-order chi connectivity index (χ1) is 14.5. The van der Waals surface area contributed by atoms with Crippen LogP contribution in [0.3, 0.4) is 0 Å². The van der Waals surface area contributed by atoms with E-state index in [4.69, 9.17) is 21.7 Å². The first-order valence-corrected chi connectivity index (χ1v) is 9.64. The zero-order valence-corrected chi connectivity index (χ0v) is 16.7. The van der Waals surface area contributed by atoms with Crippen molar-refractivity contribution >= 4 is 34.9 Å². The maximum atomic E-state index is 12.4. The molecule has 1 atom stereocenters. The fraction of sp³-hybridized carbons (Fsp3) is 0.200. The maximum absolute atomic E-state index is 12.4. The van der Waals surface area contributed by atoms with Crippen molar-refractivity contribution in [2.75, 3.05) is 6.61 Å². The number of H-pyrrole nitrogens is 1. The number of amides is 2. The Morgan fingerprint density at radius 3 is 2.73 bits per heavy atom. The Hall–Kier alpha value is -3.66. The van der Waals surface area contributed by atoms with Gasteiger partial charge in [0.05, 0.1) is 10.9 Å². The molecular weight excluding hydrogens is 408 g/mol. The van der Waals surface area contributed by atoms with Gasteiger partial charge in [-0.3, -0.25) is 29.8 Å². The molecule has 30 heavy (non-hydrogen) atoms. The van der Waals surface area contributed by atoms with E-state index in [9.17, 15) is 14.4 Å². The number of nitrogens with one attached hydrogen (secondary N) is 3. The van der Waals surface area contributed by atoms with Crippen molar-refractivity contribution < 1.29 is 19.1 Å². The van der Waals surface area contributed by atoms with Gasteiger partial charge in [-0.2, -0.15) is 0 Å². The molecule has 1 unspecified atom stereocenters. The SMILES string of the molecule is CCn1c(=S)[nH]c2cc(C(=O)NNC(=O)C3COc4ccccc4O3)ccc2c1=O. The third kappa shape index (κ3) is 3.64. The maximum Gasteiger partial charge on any atom is 0.283 e. The van der Waals surface area contributed by atoms with Gasteiger partial charge in [-0.05, 0) is 49.5 Å². The number of hydrazine groups is 1. The molecule has 0 spiro atoms. The van der Waals surface area contributed by atoms with Crippen LogP contribution in [-0.4, -0.2) is 34.1 Å². The number of aromatic nitrogens is 2. The molecule has 2 heterocycles. The lowest BCUT2D eigenvalue weighted by Crippen LogP contribution is -2.50. The van der Waals surface area contributed by atoms with E-state index in [2.05, 4.69) is 15.8 Å². The highest BCUT2D eigenvalue weighted by molar-refractivity contribution is 7.71. The molecule has 3 N–H and O–H groups in total. The number of hydrogen-bond donors (Lipinski definition) is 3. The third-order valence-corrected chi connectivity index (χ3v) is 4.98. The van der Waals surface area contributed by atoms with Crippen LogP contribution in [0.5, 0.6) is 11.5 Å². The number of para-hydroxylation sites is 2. The molecule has 1 aliphatic rings. The molecule has 154 valence electrons. The molecule has 9 nitrogen and oxygen atoms in total. The fourth-order valence-corrected chi connectivity index (χ4v) is 3.42. The van der Waals surface area contributed by atoms with Crippen LogP contribution in [0.1, 0.15) is 17.3 Å². The van der Waals surface area contributed by atoms with Gasteiger partial charge in [-0.15, -0.1) is 0 Å². The highest BCUT2D eigenvalue weighted by atomic mass is 32.1. The van der Waals surface area contributed by atoms with Gasteiger partial charge in [-0.25, -0.2) is 0 Å². The van der Waals surface area contributed by atoms with E-state index in [-0.39, 0.29) is 22.5 Å². The van der Waals surface area contributed by atoms with E-state index in [1.807, 2.05) is 6.92 Å². The first-order valence-electron chi connectivity index (χ1n) is 9.23. The van der Waals surface area contributed by atoms with Crippen molar-refractivity contribution in [2.24, 2.45) is 0 Å². The molecule has 0 fully saturated rings. The van der Waals surface area contributed by atoms with Crippen LogP contribution in [0.4, 0.5) is 0 Å². The van der Waals surface area contributed by atoms with E-state index < -0.39 is 17.9 Å². The van der Waals surface area contributed by atoms with Crippen molar-refractivity contribution in [1.82, 2.24) is 20.4 Å². The number of carbonyl (C=O) groups excluding carboxylic acids is 2. The van der Waals surface area contributed by atoms with Crippen LogP contribution >= 0.6 is 12.2 Å². The minimum atomic E-state index is -0.902. The first kappa shape index (κ1) is 19.6. The Balaban J connectivity index is 1.45. The number of hydrogen-bond acceptors (Lipinski definition) is 6. The molecule has 0 saturated carbocycles. The molecule has 0 aliphatic carbocycles. The Morgan fingerprint density at radius 1 is 1.20 bits per heavy atom. The summed E-state index contributed by atoms with van der Waals surface area (Å²) >= 11 is 5.18. The van der Waals surface area contributed by atoms with Gasteiger partial charge >= 0.3 is 0 Å². The molecule has 10 heteroatoms. The summed E-state index contributed by atoms with van der Waals surface area (Å²) in [5, 5.41) is 0.414. The average molecular weight is 426 g/mol. The van der Waals surface area contributed by atoms with Crippen LogP contribution in [0.15, 0.2) is 47.3 Å². The molecule has 2 aromatic carbocycles. The topological polar surface area (TPSA) is 114 Å². The van der Waals surface area contributed by atoms with Crippen LogP contribution in [0.25, 0.3) is 10.9 Å². The van der Waals surface area contributed by atoms with E-state index in [1.165, 1.54) is 16.7 Å². The molecule has 0 bridgehead atoms. The minimum absolute atomic E-state index is 0.0228. The lowest BCUT2D eigenvalue weighted by Gasteiger charge is -2.25. The lowest BCUT2D eigenvalue weighted by atomic mass is 10.1. The van der Waals surface area contributed by atoms with Gasteiger partial charge < -0.3 is 14.5 Å². The zero-order chi connectivity index (χ0) is 21.3. The molecule has 0 saturated heterocycles. The number of carbonyl (C=O) groups is 2. The number of aromatic amines is 1. The van der Waals surface area contributed by atoms with Crippen molar-refractivity contribution in [3.63, 3.8) is 0 Å². The Bertz CT molecular complexity index is 1270. The Labute approximate surface area is 175 Å². The van der Waals surface area contributed by atoms with Gasteiger partial charge in [0, 0.05) is 12.1 Å². The third-order valence-electron chi connectivity index (χ3n) is 4.66. The van der Waals surface area contributed by atoms with Crippen molar-refractivity contribution in [2.45, 2.75) is 19.6 Å². The predicted molar refractivity (Wildman–Crippen MR) is 111 cm³/mol. The average Bonchev–Trinajstić information content (AvgIpc) is 2.76. The quantitative estimate of drug-likeness (QED) is 0.434. The number of ether oxygens (including phenoxy) is 2. The van der Waals surface area contributed by atoms with Crippen molar-refractivity contribution in [1.29, 1.82) is 0 Å². The van der Waals surface area contributed by atoms with Gasteiger partial charge in [0.25, 0.3) is 17.4 Å². The molecule has 3 aromatic rings. The number of fused-ring (bicyclic) bond motifs is 2. The monoisotopic (exact) mass is 426 g/mol.